The van der Waals surface area contributed by atoms with Crippen molar-refractivity contribution in [2.75, 3.05) is 70.4 Å². The number of carbonyl (C=O) groups is 4. The zero-order valence-corrected chi connectivity index (χ0v) is 39.3. The number of nitriles is 1. The number of piperidine rings is 2. The maximum atomic E-state index is 13.5. The van der Waals surface area contributed by atoms with Crippen molar-refractivity contribution in [2.24, 2.45) is 11.8 Å². The summed E-state index contributed by atoms with van der Waals surface area (Å²) in [4.78, 5) is 94.2. The minimum Gasteiger partial charge on any atom is -0.490 e. The molecule has 19 nitrogen and oxygen atoms in total. The number of imide groups is 1. The number of hydrogen-bond donors (Lipinski definition) is 1. The summed E-state index contributed by atoms with van der Waals surface area (Å²) in [7, 11) is 0. The van der Waals surface area contributed by atoms with Gasteiger partial charge in [0.1, 0.15) is 6.04 Å². The summed E-state index contributed by atoms with van der Waals surface area (Å²) in [5, 5.41) is 21.8. The largest absolute Gasteiger partial charge is 0.490 e. The summed E-state index contributed by atoms with van der Waals surface area (Å²) in [6, 6.07) is 24.8. The first-order chi connectivity index (χ1) is 34.5. The van der Waals surface area contributed by atoms with Gasteiger partial charge in [-0.05, 0) is 80.1 Å². The van der Waals surface area contributed by atoms with Crippen molar-refractivity contribution >= 4 is 40.1 Å². The van der Waals surface area contributed by atoms with Crippen molar-refractivity contribution in [2.45, 2.75) is 45.2 Å². The van der Waals surface area contributed by atoms with Gasteiger partial charge in [-0.3, -0.25) is 39.0 Å². The second kappa shape index (κ2) is 20.1. The van der Waals surface area contributed by atoms with Gasteiger partial charge in [0.2, 0.25) is 17.7 Å². The molecule has 3 aromatic heterocycles. The van der Waals surface area contributed by atoms with Gasteiger partial charge in [-0.2, -0.15) is 15.5 Å². The van der Waals surface area contributed by atoms with E-state index in [4.69, 9.17) is 4.74 Å². The van der Waals surface area contributed by atoms with Crippen LogP contribution in [0.2, 0.25) is 0 Å². The van der Waals surface area contributed by atoms with E-state index in [1.165, 1.54) is 15.4 Å². The van der Waals surface area contributed by atoms with E-state index in [1.807, 2.05) is 57.2 Å². The average Bonchev–Trinajstić information content (AvgIpc) is 3.38. The second-order valence-corrected chi connectivity index (χ2v) is 18.7. The predicted molar refractivity (Wildman–Crippen MR) is 261 cm³/mol. The molecule has 19 heteroatoms. The summed E-state index contributed by atoms with van der Waals surface area (Å²) in [6.45, 7) is 7.63. The van der Waals surface area contributed by atoms with Crippen LogP contribution >= 0.6 is 0 Å². The van der Waals surface area contributed by atoms with Crippen LogP contribution in [-0.4, -0.2) is 133 Å². The van der Waals surface area contributed by atoms with Gasteiger partial charge in [0.15, 0.2) is 11.6 Å². The van der Waals surface area contributed by atoms with Crippen LogP contribution in [-0.2, 0) is 25.7 Å². The molecule has 6 aromatic rings. The van der Waals surface area contributed by atoms with Gasteiger partial charge in [-0.15, -0.1) is 0 Å². The molecular formula is C52H52N12O7. The summed E-state index contributed by atoms with van der Waals surface area (Å²) >= 11 is 0. The number of aryl methyl sites for hydroxylation is 1. The fraction of sp³-hybridized carbons (Fsp3) is 0.365. The first-order valence-corrected chi connectivity index (χ1v) is 24.0. The highest BCUT2D eigenvalue weighted by Gasteiger charge is 2.38. The lowest BCUT2D eigenvalue weighted by Gasteiger charge is -2.43. The number of fused-ring (bicyclic) bond motifs is 1. The van der Waals surface area contributed by atoms with E-state index in [0.29, 0.717) is 105 Å². The van der Waals surface area contributed by atoms with Gasteiger partial charge < -0.3 is 19.4 Å². The fourth-order valence-corrected chi connectivity index (χ4v) is 9.86. The van der Waals surface area contributed by atoms with E-state index in [0.717, 1.165) is 35.2 Å². The number of amides is 4. The minimum atomic E-state index is -0.831. The molecule has 4 amide bonds. The van der Waals surface area contributed by atoms with E-state index in [2.05, 4.69) is 36.5 Å². The van der Waals surface area contributed by atoms with Crippen molar-refractivity contribution in [3.05, 3.63) is 129 Å². The van der Waals surface area contributed by atoms with Gasteiger partial charge in [-0.1, -0.05) is 30.3 Å². The molecule has 0 saturated carbocycles. The van der Waals surface area contributed by atoms with Crippen LogP contribution in [0.5, 0.6) is 5.75 Å². The summed E-state index contributed by atoms with van der Waals surface area (Å²) in [5.41, 5.74) is 4.41. The van der Waals surface area contributed by atoms with Gasteiger partial charge in [0.05, 0.1) is 66.4 Å². The molecule has 1 N–H and O–H groups in total. The van der Waals surface area contributed by atoms with E-state index < -0.39 is 11.9 Å². The van der Waals surface area contributed by atoms with E-state index in [-0.39, 0.29) is 60.1 Å². The first-order valence-electron chi connectivity index (χ1n) is 24.0. The molecular weight excluding hydrogens is 905 g/mol. The lowest BCUT2D eigenvalue weighted by atomic mass is 9.96. The molecule has 3 aromatic carbocycles. The Labute approximate surface area is 408 Å². The number of benzene rings is 3. The Bertz CT molecular complexity index is 3200. The standard InChI is InChI=1S/C52H52N12O7/c1-33-43-24-40(8-9-42(43)52(70)64(57-33)45-11-12-46(65)56-50(45)68)60-18-20-62(21-19-60)51(69)39-29-59(30-39)31-48(67)61-16-14-34(15-17-61)32-71-41-26-54-49(55-27-41)38-7-3-5-36(23-38)28-63-47(66)13-10-44(58-63)37-6-2-4-35(22-37)25-53/h2-10,13,22-24,26-27,34,39,45H,11-12,14-21,28-32H2,1H3,(H,56,65,68). The third-order valence-corrected chi connectivity index (χ3v) is 14.0. The molecule has 0 aliphatic carbocycles. The molecule has 4 aliphatic heterocycles. The maximum Gasteiger partial charge on any atom is 0.275 e. The van der Waals surface area contributed by atoms with Crippen LogP contribution in [0.15, 0.2) is 101 Å². The molecule has 4 aliphatic rings. The number of nitrogens with zero attached hydrogens (tertiary/aromatic N) is 11. The lowest BCUT2D eigenvalue weighted by Crippen LogP contribution is -2.59. The van der Waals surface area contributed by atoms with Crippen molar-refractivity contribution in [1.82, 2.24) is 49.5 Å². The number of piperazine rings is 1. The van der Waals surface area contributed by atoms with Gasteiger partial charge in [0.25, 0.3) is 17.0 Å². The number of likely N-dealkylation sites (tertiary alicyclic amines) is 2. The molecule has 1 unspecified atom stereocenters. The minimum absolute atomic E-state index is 0.0757. The highest BCUT2D eigenvalue weighted by molar-refractivity contribution is 5.99. The van der Waals surface area contributed by atoms with Gasteiger partial charge >= 0.3 is 0 Å². The monoisotopic (exact) mass is 956 g/mol. The Kier molecular flexibility index (Phi) is 13.2. The third kappa shape index (κ3) is 10.1. The van der Waals surface area contributed by atoms with Crippen molar-refractivity contribution in [1.29, 1.82) is 5.26 Å². The lowest BCUT2D eigenvalue weighted by molar-refractivity contribution is -0.145. The molecule has 1 atom stereocenters. The molecule has 0 bridgehead atoms. The Morgan fingerprint density at radius 3 is 2.32 bits per heavy atom. The second-order valence-electron chi connectivity index (χ2n) is 18.7. The van der Waals surface area contributed by atoms with Crippen LogP contribution < -0.4 is 26.1 Å². The van der Waals surface area contributed by atoms with Crippen LogP contribution in [0.25, 0.3) is 33.4 Å². The van der Waals surface area contributed by atoms with Crippen molar-refractivity contribution < 1.29 is 23.9 Å². The van der Waals surface area contributed by atoms with Gasteiger partial charge in [-0.25, -0.2) is 19.3 Å². The normalized spacial score (nSPS) is 18.0. The Balaban J connectivity index is 0.639. The average molecular weight is 957 g/mol. The fourth-order valence-electron chi connectivity index (χ4n) is 9.86. The summed E-state index contributed by atoms with van der Waals surface area (Å²) < 4.78 is 8.68. The predicted octanol–water partition coefficient (Wildman–Crippen LogP) is 3.18. The Hall–Kier alpha value is -8.11. The Morgan fingerprint density at radius 2 is 1.56 bits per heavy atom. The molecule has 362 valence electrons. The number of nitrogens with one attached hydrogen (secondary N) is 1. The van der Waals surface area contributed by atoms with E-state index in [1.54, 1.807) is 49.6 Å². The Morgan fingerprint density at radius 1 is 0.803 bits per heavy atom. The molecule has 0 radical (unpaired) electrons. The van der Waals surface area contributed by atoms with E-state index >= 15 is 0 Å². The zero-order chi connectivity index (χ0) is 49.2. The molecule has 7 heterocycles. The number of ether oxygens (including phenoxy) is 1. The molecule has 4 saturated heterocycles. The highest BCUT2D eigenvalue weighted by Crippen LogP contribution is 2.28. The van der Waals surface area contributed by atoms with Crippen LogP contribution in [0.4, 0.5) is 5.69 Å². The van der Waals surface area contributed by atoms with Crippen molar-refractivity contribution in [3.8, 4) is 34.5 Å². The maximum absolute atomic E-state index is 13.5. The van der Waals surface area contributed by atoms with Crippen LogP contribution in [0.3, 0.4) is 0 Å². The number of rotatable bonds is 12. The SMILES string of the molecule is Cc1nn(C2CCC(=O)NC2=O)c(=O)c2ccc(N3CCN(C(=O)C4CN(CC(=O)N5CCC(COc6cnc(-c7cccc(Cn8nc(-c9cccc(C#N)c9)ccc8=O)c7)nc6)CC5)C4)CC3)cc12. The highest BCUT2D eigenvalue weighted by atomic mass is 16.5. The first kappa shape index (κ1) is 46.6. The number of anilines is 1. The van der Waals surface area contributed by atoms with Gasteiger partial charge in [0, 0.05) is 87.0 Å². The molecule has 10 rings (SSSR count). The quantitative estimate of drug-likeness (QED) is 0.174. The summed E-state index contributed by atoms with van der Waals surface area (Å²) in [6.07, 6.45) is 5.32. The number of carbonyl (C=O) groups excluding carboxylic acids is 4. The number of aromatic nitrogens is 6. The molecule has 71 heavy (non-hydrogen) atoms. The smallest absolute Gasteiger partial charge is 0.275 e. The molecule has 4 fully saturated rings. The topological polar surface area (TPSA) is 222 Å². The van der Waals surface area contributed by atoms with Crippen molar-refractivity contribution in [3.63, 3.8) is 0 Å². The van der Waals surface area contributed by atoms with E-state index in [9.17, 15) is 34.0 Å². The van der Waals surface area contributed by atoms with Crippen LogP contribution in [0, 0.1) is 30.1 Å². The molecule has 0 spiro atoms. The number of hydrogen-bond acceptors (Lipinski definition) is 14. The third-order valence-electron chi connectivity index (χ3n) is 14.0. The summed E-state index contributed by atoms with van der Waals surface area (Å²) in [5.74, 6) is 0.533. The van der Waals surface area contributed by atoms with Crippen LogP contribution in [0.1, 0.15) is 48.5 Å². The zero-order valence-electron chi connectivity index (χ0n) is 39.3.